The lowest BCUT2D eigenvalue weighted by molar-refractivity contribution is 0.240. The predicted molar refractivity (Wildman–Crippen MR) is 82.5 cm³/mol. The van der Waals surface area contributed by atoms with Crippen LogP contribution in [0, 0.1) is 0 Å². The standard InChI is InChI=1S/C15H19N5O2/c1-19-13(11-5-3-2-4-6-11)18-20(15(19)22)10-9-16-14(21)17-12-7-8-12/h2-6,12H,7-10H2,1H3,(H2,16,17,21). The van der Waals surface area contributed by atoms with Crippen LogP contribution >= 0.6 is 0 Å². The largest absolute Gasteiger partial charge is 0.345 e. The summed E-state index contributed by atoms with van der Waals surface area (Å²) in [7, 11) is 1.70. The summed E-state index contributed by atoms with van der Waals surface area (Å²) in [6, 6.07) is 9.68. The summed E-state index contributed by atoms with van der Waals surface area (Å²) in [5.74, 6) is 0.619. The quantitative estimate of drug-likeness (QED) is 0.853. The highest BCUT2D eigenvalue weighted by Gasteiger charge is 2.22. The molecule has 2 aromatic rings. The molecule has 0 bridgehead atoms. The summed E-state index contributed by atoms with van der Waals surface area (Å²) < 4.78 is 2.89. The van der Waals surface area contributed by atoms with Crippen molar-refractivity contribution in [2.45, 2.75) is 25.4 Å². The van der Waals surface area contributed by atoms with Gasteiger partial charge < -0.3 is 10.6 Å². The number of nitrogens with zero attached hydrogens (tertiary/aromatic N) is 3. The summed E-state index contributed by atoms with van der Waals surface area (Å²) in [5, 5.41) is 9.92. The van der Waals surface area contributed by atoms with Crippen molar-refractivity contribution < 1.29 is 4.79 Å². The zero-order chi connectivity index (χ0) is 15.5. The van der Waals surface area contributed by atoms with Crippen molar-refractivity contribution in [2.75, 3.05) is 6.54 Å². The Morgan fingerprint density at radius 1 is 1.32 bits per heavy atom. The molecule has 116 valence electrons. The minimum absolute atomic E-state index is 0.185. The van der Waals surface area contributed by atoms with Crippen LogP contribution in [0.2, 0.25) is 0 Å². The van der Waals surface area contributed by atoms with Crippen molar-refractivity contribution in [1.82, 2.24) is 25.0 Å². The fourth-order valence-corrected chi connectivity index (χ4v) is 2.21. The van der Waals surface area contributed by atoms with E-state index < -0.39 is 0 Å². The van der Waals surface area contributed by atoms with E-state index in [4.69, 9.17) is 0 Å². The van der Waals surface area contributed by atoms with Gasteiger partial charge in [-0.25, -0.2) is 14.3 Å². The molecule has 1 heterocycles. The summed E-state index contributed by atoms with van der Waals surface area (Å²) >= 11 is 0. The lowest BCUT2D eigenvalue weighted by Crippen LogP contribution is -2.39. The van der Waals surface area contributed by atoms with Crippen LogP contribution in [-0.2, 0) is 13.6 Å². The van der Waals surface area contributed by atoms with E-state index >= 15 is 0 Å². The van der Waals surface area contributed by atoms with Crippen molar-refractivity contribution in [3.63, 3.8) is 0 Å². The SMILES string of the molecule is Cn1c(-c2ccccc2)nn(CCNC(=O)NC2CC2)c1=O. The molecule has 1 aromatic heterocycles. The first kappa shape index (κ1) is 14.4. The van der Waals surface area contributed by atoms with Crippen molar-refractivity contribution >= 4 is 6.03 Å². The van der Waals surface area contributed by atoms with Crippen LogP contribution in [0.15, 0.2) is 35.1 Å². The van der Waals surface area contributed by atoms with E-state index in [1.165, 1.54) is 9.25 Å². The topological polar surface area (TPSA) is 81.0 Å². The second-order valence-electron chi connectivity index (χ2n) is 5.43. The van der Waals surface area contributed by atoms with Crippen LogP contribution in [0.3, 0.4) is 0 Å². The summed E-state index contributed by atoms with van der Waals surface area (Å²) in [5.41, 5.74) is 0.698. The number of amides is 2. The van der Waals surface area contributed by atoms with Crippen LogP contribution < -0.4 is 16.3 Å². The molecular weight excluding hydrogens is 282 g/mol. The van der Waals surface area contributed by atoms with Gasteiger partial charge in [0.2, 0.25) is 0 Å². The molecule has 0 radical (unpaired) electrons. The Bertz CT molecular complexity index is 715. The van der Waals surface area contributed by atoms with Crippen LogP contribution in [0.4, 0.5) is 4.79 Å². The van der Waals surface area contributed by atoms with Gasteiger partial charge in [0.05, 0.1) is 6.54 Å². The van der Waals surface area contributed by atoms with Gasteiger partial charge in [0.15, 0.2) is 5.82 Å². The Labute approximate surface area is 127 Å². The first-order valence-corrected chi connectivity index (χ1v) is 7.39. The van der Waals surface area contributed by atoms with E-state index in [1.54, 1.807) is 7.05 Å². The zero-order valence-electron chi connectivity index (χ0n) is 12.5. The number of hydrogen-bond donors (Lipinski definition) is 2. The van der Waals surface area contributed by atoms with Crippen molar-refractivity contribution in [1.29, 1.82) is 0 Å². The molecule has 7 nitrogen and oxygen atoms in total. The lowest BCUT2D eigenvalue weighted by Gasteiger charge is -2.05. The number of carbonyl (C=O) groups is 1. The fourth-order valence-electron chi connectivity index (χ4n) is 2.21. The maximum Gasteiger partial charge on any atom is 0.345 e. The second kappa shape index (κ2) is 6.05. The Hall–Kier alpha value is -2.57. The Kier molecular flexibility index (Phi) is 3.95. The number of hydrogen-bond acceptors (Lipinski definition) is 3. The number of rotatable bonds is 5. The van der Waals surface area contributed by atoms with Gasteiger partial charge in [-0.2, -0.15) is 0 Å². The van der Waals surface area contributed by atoms with Gasteiger partial charge in [-0.1, -0.05) is 30.3 Å². The highest BCUT2D eigenvalue weighted by molar-refractivity contribution is 5.74. The number of benzene rings is 1. The van der Waals surface area contributed by atoms with Gasteiger partial charge in [-0.05, 0) is 12.8 Å². The molecule has 1 fully saturated rings. The number of carbonyl (C=O) groups excluding carboxylic acids is 1. The first-order chi connectivity index (χ1) is 10.6. The van der Waals surface area contributed by atoms with E-state index in [2.05, 4.69) is 15.7 Å². The molecule has 1 aliphatic rings. The molecule has 0 atom stereocenters. The average Bonchev–Trinajstić information content (AvgIpc) is 3.29. The van der Waals surface area contributed by atoms with Gasteiger partial charge in [0, 0.05) is 25.2 Å². The molecular formula is C15H19N5O2. The van der Waals surface area contributed by atoms with Gasteiger partial charge >= 0.3 is 11.7 Å². The van der Waals surface area contributed by atoms with E-state index in [1.807, 2.05) is 30.3 Å². The van der Waals surface area contributed by atoms with Gasteiger partial charge in [-0.15, -0.1) is 5.10 Å². The number of urea groups is 1. The third-order valence-electron chi connectivity index (χ3n) is 3.59. The van der Waals surface area contributed by atoms with E-state index in [0.717, 1.165) is 18.4 Å². The smallest absolute Gasteiger partial charge is 0.336 e. The molecule has 1 aromatic carbocycles. The average molecular weight is 301 g/mol. The van der Waals surface area contributed by atoms with Crippen molar-refractivity contribution in [3.05, 3.63) is 40.8 Å². The van der Waals surface area contributed by atoms with Crippen LogP contribution in [-0.4, -0.2) is 33.0 Å². The van der Waals surface area contributed by atoms with Gasteiger partial charge in [-0.3, -0.25) is 4.57 Å². The maximum atomic E-state index is 12.2. The van der Waals surface area contributed by atoms with Crippen molar-refractivity contribution in [3.8, 4) is 11.4 Å². The molecule has 2 amide bonds. The molecule has 3 rings (SSSR count). The van der Waals surface area contributed by atoms with E-state index in [-0.39, 0.29) is 11.7 Å². The summed E-state index contributed by atoms with van der Waals surface area (Å²) in [6.45, 7) is 0.710. The zero-order valence-corrected chi connectivity index (χ0v) is 12.5. The molecule has 1 saturated carbocycles. The van der Waals surface area contributed by atoms with Crippen molar-refractivity contribution in [2.24, 2.45) is 7.05 Å². The lowest BCUT2D eigenvalue weighted by atomic mass is 10.2. The normalized spacial score (nSPS) is 13.9. The molecule has 0 spiro atoms. The Morgan fingerprint density at radius 3 is 2.73 bits per heavy atom. The number of aromatic nitrogens is 3. The van der Waals surface area contributed by atoms with Crippen LogP contribution in [0.5, 0.6) is 0 Å². The predicted octanol–water partition coefficient (Wildman–Crippen LogP) is 0.710. The Morgan fingerprint density at radius 2 is 2.05 bits per heavy atom. The van der Waals surface area contributed by atoms with E-state index in [0.29, 0.717) is 25.0 Å². The Balaban J connectivity index is 1.64. The highest BCUT2D eigenvalue weighted by Crippen LogP contribution is 2.18. The molecule has 2 N–H and O–H groups in total. The monoisotopic (exact) mass is 301 g/mol. The molecule has 0 saturated heterocycles. The molecule has 1 aliphatic carbocycles. The van der Waals surface area contributed by atoms with Gasteiger partial charge in [0.25, 0.3) is 0 Å². The minimum Gasteiger partial charge on any atom is -0.336 e. The molecule has 0 unspecified atom stereocenters. The molecule has 7 heteroatoms. The molecule has 22 heavy (non-hydrogen) atoms. The van der Waals surface area contributed by atoms with Crippen LogP contribution in [0.1, 0.15) is 12.8 Å². The summed E-state index contributed by atoms with van der Waals surface area (Å²) in [6.07, 6.45) is 2.10. The summed E-state index contributed by atoms with van der Waals surface area (Å²) in [4.78, 5) is 23.7. The first-order valence-electron chi connectivity index (χ1n) is 7.39. The molecule has 0 aliphatic heterocycles. The third-order valence-corrected chi connectivity index (χ3v) is 3.59. The fraction of sp³-hybridized carbons (Fsp3) is 0.400. The van der Waals surface area contributed by atoms with Crippen LogP contribution in [0.25, 0.3) is 11.4 Å². The third kappa shape index (κ3) is 3.19. The minimum atomic E-state index is -0.191. The maximum absolute atomic E-state index is 12.2. The second-order valence-corrected chi connectivity index (χ2v) is 5.43. The van der Waals surface area contributed by atoms with Gasteiger partial charge in [0.1, 0.15) is 0 Å². The van der Waals surface area contributed by atoms with E-state index in [9.17, 15) is 9.59 Å². The number of nitrogens with one attached hydrogen (secondary N) is 2. The highest BCUT2D eigenvalue weighted by atomic mass is 16.2.